The Kier molecular flexibility index (Phi) is 5.15. The first-order chi connectivity index (χ1) is 10.5. The van der Waals surface area contributed by atoms with E-state index in [2.05, 4.69) is 5.32 Å². The van der Waals surface area contributed by atoms with Gasteiger partial charge in [-0.05, 0) is 43.2 Å². The zero-order valence-electron chi connectivity index (χ0n) is 13.1. The summed E-state index contributed by atoms with van der Waals surface area (Å²) in [5, 5.41) is 2.85. The Bertz CT molecular complexity index is 683. The molecule has 22 heavy (non-hydrogen) atoms. The molecule has 0 heterocycles. The SMILES string of the molecule is CCC(=O)Nc1cccc(C)c1COc1cc(C)ccc1F. The minimum Gasteiger partial charge on any atom is -0.486 e. The third-order valence-corrected chi connectivity index (χ3v) is 3.46. The van der Waals surface area contributed by atoms with Gasteiger partial charge in [-0.3, -0.25) is 4.79 Å². The normalized spacial score (nSPS) is 10.4. The highest BCUT2D eigenvalue weighted by Gasteiger charge is 2.10. The quantitative estimate of drug-likeness (QED) is 0.890. The summed E-state index contributed by atoms with van der Waals surface area (Å²) in [6.07, 6.45) is 0.404. The van der Waals surface area contributed by atoms with Crippen LogP contribution < -0.4 is 10.1 Å². The van der Waals surface area contributed by atoms with E-state index in [0.29, 0.717) is 12.1 Å². The van der Waals surface area contributed by atoms with E-state index in [4.69, 9.17) is 4.74 Å². The Morgan fingerprint density at radius 2 is 2.00 bits per heavy atom. The molecule has 0 aliphatic carbocycles. The van der Waals surface area contributed by atoms with Gasteiger partial charge in [0.15, 0.2) is 11.6 Å². The maximum absolute atomic E-state index is 13.7. The number of hydrogen-bond donors (Lipinski definition) is 1. The molecule has 0 fully saturated rings. The molecule has 0 atom stereocenters. The number of nitrogens with one attached hydrogen (secondary N) is 1. The first kappa shape index (κ1) is 16.0. The van der Waals surface area contributed by atoms with Gasteiger partial charge in [-0.25, -0.2) is 4.39 Å². The number of amides is 1. The Balaban J connectivity index is 2.21. The van der Waals surface area contributed by atoms with Gasteiger partial charge in [-0.15, -0.1) is 0 Å². The van der Waals surface area contributed by atoms with Gasteiger partial charge in [0, 0.05) is 17.7 Å². The van der Waals surface area contributed by atoms with Gasteiger partial charge in [-0.2, -0.15) is 0 Å². The molecular weight excluding hydrogens is 281 g/mol. The second kappa shape index (κ2) is 7.07. The van der Waals surface area contributed by atoms with E-state index in [1.807, 2.05) is 32.0 Å². The monoisotopic (exact) mass is 301 g/mol. The number of benzene rings is 2. The molecule has 0 saturated heterocycles. The molecule has 2 aromatic carbocycles. The van der Waals surface area contributed by atoms with Crippen molar-refractivity contribution in [1.82, 2.24) is 0 Å². The van der Waals surface area contributed by atoms with E-state index in [-0.39, 0.29) is 18.3 Å². The molecule has 0 radical (unpaired) electrons. The van der Waals surface area contributed by atoms with Crippen molar-refractivity contribution in [2.24, 2.45) is 0 Å². The highest BCUT2D eigenvalue weighted by Crippen LogP contribution is 2.24. The molecule has 4 heteroatoms. The van der Waals surface area contributed by atoms with Gasteiger partial charge >= 0.3 is 0 Å². The molecule has 0 aliphatic heterocycles. The maximum atomic E-state index is 13.7. The summed E-state index contributed by atoms with van der Waals surface area (Å²) in [6.45, 7) is 5.82. The van der Waals surface area contributed by atoms with Crippen LogP contribution >= 0.6 is 0 Å². The second-order valence-corrected chi connectivity index (χ2v) is 5.23. The molecule has 1 amide bonds. The molecule has 116 valence electrons. The minimum absolute atomic E-state index is 0.0615. The van der Waals surface area contributed by atoms with Crippen LogP contribution in [0.3, 0.4) is 0 Å². The summed E-state index contributed by atoms with van der Waals surface area (Å²) >= 11 is 0. The van der Waals surface area contributed by atoms with Crippen molar-refractivity contribution in [2.75, 3.05) is 5.32 Å². The summed E-state index contributed by atoms with van der Waals surface area (Å²) in [5.41, 5.74) is 3.48. The highest BCUT2D eigenvalue weighted by atomic mass is 19.1. The molecule has 0 unspecified atom stereocenters. The number of hydrogen-bond acceptors (Lipinski definition) is 2. The van der Waals surface area contributed by atoms with E-state index in [9.17, 15) is 9.18 Å². The van der Waals surface area contributed by atoms with Crippen LogP contribution in [-0.2, 0) is 11.4 Å². The van der Waals surface area contributed by atoms with Crippen molar-refractivity contribution in [2.45, 2.75) is 33.8 Å². The van der Waals surface area contributed by atoms with Crippen molar-refractivity contribution in [1.29, 1.82) is 0 Å². The predicted molar refractivity (Wildman–Crippen MR) is 85.6 cm³/mol. The Hall–Kier alpha value is -2.36. The third kappa shape index (κ3) is 3.85. The van der Waals surface area contributed by atoms with Gasteiger partial charge in [0.1, 0.15) is 6.61 Å². The molecule has 0 saturated carbocycles. The van der Waals surface area contributed by atoms with Gasteiger partial charge in [-0.1, -0.05) is 25.1 Å². The molecule has 0 spiro atoms. The number of carbonyl (C=O) groups excluding carboxylic acids is 1. The molecule has 2 rings (SSSR count). The van der Waals surface area contributed by atoms with Crippen molar-refractivity contribution < 1.29 is 13.9 Å². The maximum Gasteiger partial charge on any atom is 0.224 e. The fourth-order valence-corrected chi connectivity index (χ4v) is 2.12. The van der Waals surface area contributed by atoms with Gasteiger partial charge < -0.3 is 10.1 Å². The number of carbonyl (C=O) groups is 1. The average Bonchev–Trinajstić information content (AvgIpc) is 2.49. The van der Waals surface area contributed by atoms with Crippen molar-refractivity contribution in [3.05, 3.63) is 58.9 Å². The lowest BCUT2D eigenvalue weighted by Gasteiger charge is -2.15. The number of anilines is 1. The topological polar surface area (TPSA) is 38.3 Å². The van der Waals surface area contributed by atoms with Crippen LogP contribution in [0.1, 0.15) is 30.0 Å². The van der Waals surface area contributed by atoms with Crippen LogP contribution in [0.2, 0.25) is 0 Å². The first-order valence-corrected chi connectivity index (χ1v) is 7.28. The zero-order chi connectivity index (χ0) is 16.1. The van der Waals surface area contributed by atoms with Crippen molar-refractivity contribution >= 4 is 11.6 Å². The minimum atomic E-state index is -0.390. The third-order valence-electron chi connectivity index (χ3n) is 3.46. The van der Waals surface area contributed by atoms with Crippen molar-refractivity contribution in [3.8, 4) is 5.75 Å². The van der Waals surface area contributed by atoms with E-state index in [1.165, 1.54) is 6.07 Å². The molecular formula is C18H20FNO2. The average molecular weight is 301 g/mol. The lowest BCUT2D eigenvalue weighted by atomic mass is 10.1. The van der Waals surface area contributed by atoms with E-state index in [1.54, 1.807) is 19.1 Å². The number of rotatable bonds is 5. The summed E-state index contributed by atoms with van der Waals surface area (Å²) < 4.78 is 19.4. The largest absolute Gasteiger partial charge is 0.486 e. The standard InChI is InChI=1S/C18H20FNO2/c1-4-18(21)20-16-7-5-6-13(3)14(16)11-22-17-10-12(2)8-9-15(17)19/h5-10H,4,11H2,1-3H3,(H,20,21). The lowest BCUT2D eigenvalue weighted by Crippen LogP contribution is -2.13. The summed E-state index contributed by atoms with van der Waals surface area (Å²) in [7, 11) is 0. The van der Waals surface area contributed by atoms with Crippen LogP contribution in [0, 0.1) is 19.7 Å². The summed E-state index contributed by atoms with van der Waals surface area (Å²) in [5.74, 6) is -0.233. The van der Waals surface area contributed by atoms with Gasteiger partial charge in [0.05, 0.1) is 0 Å². The highest BCUT2D eigenvalue weighted by molar-refractivity contribution is 5.91. The first-order valence-electron chi connectivity index (χ1n) is 7.28. The molecule has 1 N–H and O–H groups in total. The molecule has 0 aliphatic rings. The summed E-state index contributed by atoms with van der Waals surface area (Å²) in [6, 6.07) is 10.4. The van der Waals surface area contributed by atoms with Gasteiger partial charge in [0.25, 0.3) is 0 Å². The molecule has 2 aromatic rings. The van der Waals surface area contributed by atoms with E-state index >= 15 is 0 Å². The molecule has 3 nitrogen and oxygen atoms in total. The van der Waals surface area contributed by atoms with Gasteiger partial charge in [0.2, 0.25) is 5.91 Å². The fourth-order valence-electron chi connectivity index (χ4n) is 2.12. The van der Waals surface area contributed by atoms with Crippen molar-refractivity contribution in [3.63, 3.8) is 0 Å². The Morgan fingerprint density at radius 1 is 1.23 bits per heavy atom. The molecule has 0 aromatic heterocycles. The lowest BCUT2D eigenvalue weighted by molar-refractivity contribution is -0.115. The second-order valence-electron chi connectivity index (χ2n) is 5.23. The van der Waals surface area contributed by atoms with Crippen LogP contribution in [0.5, 0.6) is 5.75 Å². The fraction of sp³-hybridized carbons (Fsp3) is 0.278. The van der Waals surface area contributed by atoms with Crippen LogP contribution in [0.15, 0.2) is 36.4 Å². The number of halogens is 1. The smallest absolute Gasteiger partial charge is 0.224 e. The summed E-state index contributed by atoms with van der Waals surface area (Å²) in [4.78, 5) is 11.6. The Labute approximate surface area is 130 Å². The predicted octanol–water partition coefficient (Wildman–Crippen LogP) is 4.37. The Morgan fingerprint density at radius 3 is 2.73 bits per heavy atom. The van der Waals surface area contributed by atoms with Crippen LogP contribution in [0.4, 0.5) is 10.1 Å². The molecule has 0 bridgehead atoms. The van der Waals surface area contributed by atoms with E-state index < -0.39 is 5.82 Å². The van der Waals surface area contributed by atoms with E-state index in [0.717, 1.165) is 16.7 Å². The van der Waals surface area contributed by atoms with Crippen LogP contribution in [0.25, 0.3) is 0 Å². The number of aryl methyl sites for hydroxylation is 2. The zero-order valence-corrected chi connectivity index (χ0v) is 13.1. The van der Waals surface area contributed by atoms with Crippen LogP contribution in [-0.4, -0.2) is 5.91 Å². The number of ether oxygens (including phenoxy) is 1.